The van der Waals surface area contributed by atoms with Gasteiger partial charge in [0.05, 0.1) is 39.0 Å². The van der Waals surface area contributed by atoms with Gasteiger partial charge in [-0.05, 0) is 58.3 Å². The van der Waals surface area contributed by atoms with E-state index in [1.165, 1.54) is 51.9 Å². The van der Waals surface area contributed by atoms with Crippen LogP contribution in [0.5, 0.6) is 0 Å². The molecule has 0 aliphatic rings. The first-order valence-corrected chi connectivity index (χ1v) is 29.0. The molecule has 0 aromatic carbocycles. The van der Waals surface area contributed by atoms with E-state index in [1.54, 1.807) is 14.0 Å². The summed E-state index contributed by atoms with van der Waals surface area (Å²) >= 11 is 0. The normalized spacial score (nSPS) is 12.2. The zero-order valence-corrected chi connectivity index (χ0v) is 49.1. The summed E-state index contributed by atoms with van der Waals surface area (Å²) in [7, 11) is 1.59. The molecule has 0 spiro atoms. The highest BCUT2D eigenvalue weighted by atomic mass is 16.5. The first-order valence-electron chi connectivity index (χ1n) is 29.0. The molecule has 0 saturated carbocycles. The number of methoxy groups -OCH3 is 1. The molecule has 10 N–H and O–H groups in total. The van der Waals surface area contributed by atoms with Crippen LogP contribution in [0.15, 0.2) is 0 Å². The van der Waals surface area contributed by atoms with Crippen molar-refractivity contribution in [3.8, 4) is 0 Å². The molecule has 0 heterocycles. The Morgan fingerprint density at radius 2 is 0.926 bits per heavy atom. The maximum atomic E-state index is 12.3. The van der Waals surface area contributed by atoms with E-state index < -0.39 is 53.6 Å². The molecule has 81 heavy (non-hydrogen) atoms. The number of hydrogen-bond donors (Lipinski definition) is 8. The van der Waals surface area contributed by atoms with Gasteiger partial charge in [-0.25, -0.2) is 9.59 Å². The van der Waals surface area contributed by atoms with Gasteiger partial charge in [-0.2, -0.15) is 0 Å². The Morgan fingerprint density at radius 1 is 0.444 bits per heavy atom. The monoisotopic (exact) mass is 1170 g/mol. The summed E-state index contributed by atoms with van der Waals surface area (Å²) in [6, 6.07) is -2.36. The minimum absolute atomic E-state index is 0. The third-order valence-corrected chi connectivity index (χ3v) is 13.0. The molecule has 24 nitrogen and oxygen atoms in total. The standard InChI is InChI=1S/C29H53NO8.C28H47N3O11.H2O.2H2/c1-37-23-24-38-22-16-17-25(31)20-21-26(29(35)36)30-27(32)18-14-12-10-8-6-4-2-3-5-7-9-11-13-15-19-28(33)34;1-4-24(34)30-13-14-41-15-16-42-18-22(33)17-21(27(37)38)8-10-26(36)31-23(28(39)40)9-11-25(35)29-12-6-5-7-19(2)20(3)32;;;/h26H,2-24H2,1H3,(H,30,32)(H,33,34)(H,35,36);19,21,23H,4-18H2,1-3H3,(H,29,35)(H,30,34)(H,31,36)(H,37,38)(H,39,40);1H2;2*1H/t26-;19-,21+,23-;;;/m00.../s1. The molecular weight excluding hydrogens is 1060 g/mol. The van der Waals surface area contributed by atoms with Crippen molar-refractivity contribution in [2.45, 2.75) is 219 Å². The minimum Gasteiger partial charge on any atom is -0.481 e. The van der Waals surface area contributed by atoms with Gasteiger partial charge in [0.1, 0.15) is 30.3 Å². The van der Waals surface area contributed by atoms with Crippen LogP contribution in [0.1, 0.15) is 210 Å². The number of carboxylic acids is 4. The summed E-state index contributed by atoms with van der Waals surface area (Å²) in [5.74, 6) is -7.40. The molecule has 0 aromatic rings. The van der Waals surface area contributed by atoms with Crippen molar-refractivity contribution in [2.75, 3.05) is 66.4 Å². The highest BCUT2D eigenvalue weighted by Gasteiger charge is 2.26. The molecule has 0 rings (SSSR count). The van der Waals surface area contributed by atoms with Crippen LogP contribution in [-0.2, 0) is 71.7 Å². The number of ketones is 3. The largest absolute Gasteiger partial charge is 0.481 e. The van der Waals surface area contributed by atoms with Crippen LogP contribution in [0.4, 0.5) is 0 Å². The summed E-state index contributed by atoms with van der Waals surface area (Å²) in [6.07, 6.45) is 18.7. The second-order valence-electron chi connectivity index (χ2n) is 20.1. The summed E-state index contributed by atoms with van der Waals surface area (Å²) in [5.41, 5.74) is 0. The Morgan fingerprint density at radius 3 is 1.44 bits per heavy atom. The van der Waals surface area contributed by atoms with Crippen LogP contribution in [-0.4, -0.2) is 169 Å². The lowest BCUT2D eigenvalue weighted by molar-refractivity contribution is -0.145. The summed E-state index contributed by atoms with van der Waals surface area (Å²) < 4.78 is 20.6. The van der Waals surface area contributed by atoms with Gasteiger partial charge in [-0.3, -0.25) is 43.2 Å². The Hall–Kier alpha value is -5.43. The van der Waals surface area contributed by atoms with Crippen molar-refractivity contribution in [3.05, 3.63) is 0 Å². The zero-order valence-electron chi connectivity index (χ0n) is 49.1. The zero-order chi connectivity index (χ0) is 60.2. The number of Topliss-reactive ketones (excluding diaryl/α,β-unsaturated/α-hetero) is 3. The fourth-order valence-corrected chi connectivity index (χ4v) is 7.89. The van der Waals surface area contributed by atoms with Crippen molar-refractivity contribution in [3.63, 3.8) is 0 Å². The highest BCUT2D eigenvalue weighted by Crippen LogP contribution is 2.16. The Balaban J connectivity index is -0.000000474. The number of ether oxygens (including phenoxy) is 4. The quantitative estimate of drug-likeness (QED) is 0.0315. The molecule has 24 heteroatoms. The van der Waals surface area contributed by atoms with E-state index in [0.717, 1.165) is 57.8 Å². The number of amides is 4. The van der Waals surface area contributed by atoms with E-state index in [4.69, 9.17) is 24.1 Å². The Kier molecular flexibility index (Phi) is 54.3. The van der Waals surface area contributed by atoms with Crippen molar-refractivity contribution in [2.24, 2.45) is 11.8 Å². The number of hydrogen-bond acceptors (Lipinski definition) is 15. The number of rotatable bonds is 55. The molecule has 4 amide bonds. The molecule has 0 saturated heterocycles. The molecule has 0 fully saturated rings. The summed E-state index contributed by atoms with van der Waals surface area (Å²) in [5, 5.41) is 47.0. The van der Waals surface area contributed by atoms with Gasteiger partial charge in [-0.1, -0.05) is 97.3 Å². The third-order valence-electron chi connectivity index (χ3n) is 13.0. The number of aliphatic carboxylic acids is 4. The second-order valence-corrected chi connectivity index (χ2v) is 20.1. The van der Waals surface area contributed by atoms with Gasteiger partial charge in [0.25, 0.3) is 0 Å². The molecule has 474 valence electrons. The van der Waals surface area contributed by atoms with Gasteiger partial charge in [0.15, 0.2) is 5.78 Å². The lowest BCUT2D eigenvalue weighted by Gasteiger charge is -2.16. The number of unbranched alkanes of at least 4 members (excludes halogenated alkanes) is 14. The van der Waals surface area contributed by atoms with E-state index in [-0.39, 0.29) is 121 Å². The van der Waals surface area contributed by atoms with Gasteiger partial charge in [0.2, 0.25) is 23.6 Å². The predicted molar refractivity (Wildman–Crippen MR) is 306 cm³/mol. The molecule has 0 unspecified atom stereocenters. The van der Waals surface area contributed by atoms with E-state index in [9.17, 15) is 68.1 Å². The first-order chi connectivity index (χ1) is 38.2. The fourth-order valence-electron chi connectivity index (χ4n) is 7.89. The van der Waals surface area contributed by atoms with Crippen molar-refractivity contribution < 1.29 is 100 Å². The summed E-state index contributed by atoms with van der Waals surface area (Å²) in [4.78, 5) is 128. The minimum atomic E-state index is -1.33. The SMILES string of the molecule is CCC(=O)NCCOCCOCC(=O)C[C@@H](CCC(=O)N[C@@H](CCC(=O)NCCCC[C@H](C)C(C)=O)C(=O)O)C(=O)O.COCCOCCCC(=O)CC[C@H](NC(=O)CCCCCCCCCCCCCCCCC(=O)O)C(=O)O.O.[HH].[HH]. The number of carbonyl (C=O) groups is 11. The molecule has 0 aliphatic heterocycles. The lowest BCUT2D eigenvalue weighted by Crippen LogP contribution is -2.42. The smallest absolute Gasteiger partial charge is 0.326 e. The number of carbonyl (C=O) groups excluding carboxylic acids is 7. The van der Waals surface area contributed by atoms with Gasteiger partial charge in [0, 0.05) is 86.9 Å². The van der Waals surface area contributed by atoms with Crippen LogP contribution >= 0.6 is 0 Å². The van der Waals surface area contributed by atoms with Crippen LogP contribution in [0.25, 0.3) is 0 Å². The highest BCUT2D eigenvalue weighted by molar-refractivity contribution is 5.87. The van der Waals surface area contributed by atoms with Crippen molar-refractivity contribution in [1.29, 1.82) is 0 Å². The van der Waals surface area contributed by atoms with Crippen LogP contribution in [0.2, 0.25) is 0 Å². The third kappa shape index (κ3) is 53.6. The second kappa shape index (κ2) is 55.1. The Bertz CT molecular complexity index is 1780. The van der Waals surface area contributed by atoms with E-state index in [2.05, 4.69) is 21.3 Å². The maximum absolute atomic E-state index is 12.3. The molecule has 0 radical (unpaired) electrons. The first kappa shape index (κ1) is 79.8. The van der Waals surface area contributed by atoms with E-state index in [0.29, 0.717) is 65.0 Å². The topological polar surface area (TPSA) is 385 Å². The molecule has 0 aliphatic carbocycles. The van der Waals surface area contributed by atoms with E-state index in [1.807, 2.05) is 6.92 Å². The average Bonchev–Trinajstić information content (AvgIpc) is 3.40. The van der Waals surface area contributed by atoms with Gasteiger partial charge in [-0.15, -0.1) is 0 Å². The van der Waals surface area contributed by atoms with Crippen LogP contribution in [0, 0.1) is 11.8 Å². The van der Waals surface area contributed by atoms with Gasteiger partial charge >= 0.3 is 23.9 Å². The molecule has 4 atom stereocenters. The van der Waals surface area contributed by atoms with Gasteiger partial charge < -0.3 is 66.1 Å². The maximum Gasteiger partial charge on any atom is 0.326 e. The molecule has 0 aromatic heterocycles. The average molecular weight is 1170 g/mol. The summed E-state index contributed by atoms with van der Waals surface area (Å²) in [6.45, 7) is 7.56. The van der Waals surface area contributed by atoms with Crippen molar-refractivity contribution in [1.82, 2.24) is 21.3 Å². The van der Waals surface area contributed by atoms with E-state index >= 15 is 0 Å². The lowest BCUT2D eigenvalue weighted by atomic mass is 9.97. The Labute approximate surface area is 482 Å². The molecular formula is C57H106N4O20. The predicted octanol–water partition coefficient (Wildman–Crippen LogP) is 6.19. The van der Waals surface area contributed by atoms with Crippen LogP contribution < -0.4 is 21.3 Å². The van der Waals surface area contributed by atoms with Crippen LogP contribution in [0.3, 0.4) is 0 Å². The fraction of sp³-hybridized carbons (Fsp3) is 0.807. The van der Waals surface area contributed by atoms with Crippen molar-refractivity contribution >= 4 is 64.9 Å². The number of nitrogens with one attached hydrogen (secondary N) is 4. The molecule has 0 bridgehead atoms. The number of carboxylic acid groups (broad SMARTS) is 4.